The Morgan fingerprint density at radius 3 is 2.92 bits per heavy atom. The van der Waals surface area contributed by atoms with Crippen molar-refractivity contribution in [2.75, 3.05) is 7.11 Å². The number of rotatable bonds is 5. The molecular formula is C18H18N2O3S. The number of nitrogens with zero attached hydrogens (tertiary/aromatic N) is 1. The van der Waals surface area contributed by atoms with Crippen LogP contribution in [0.5, 0.6) is 5.75 Å². The minimum atomic E-state index is -0.203. The monoisotopic (exact) mass is 342 g/mol. The lowest BCUT2D eigenvalue weighted by molar-refractivity contribution is -0.121. The van der Waals surface area contributed by atoms with Gasteiger partial charge in [-0.1, -0.05) is 12.1 Å². The van der Waals surface area contributed by atoms with E-state index in [1.54, 1.807) is 24.6 Å². The van der Waals surface area contributed by atoms with Crippen LogP contribution in [0.1, 0.15) is 10.4 Å². The van der Waals surface area contributed by atoms with E-state index in [-0.39, 0.29) is 18.0 Å². The first-order chi connectivity index (χ1) is 11.6. The highest BCUT2D eigenvalue weighted by Crippen LogP contribution is 2.21. The number of fused-ring (bicyclic) bond motifs is 1. The van der Waals surface area contributed by atoms with Crippen molar-refractivity contribution in [2.45, 2.75) is 20.0 Å². The molecule has 0 saturated carbocycles. The molecule has 0 fully saturated rings. The molecule has 0 atom stereocenters. The predicted octanol–water partition coefficient (Wildman–Crippen LogP) is 2.70. The molecule has 6 heteroatoms. The fourth-order valence-electron chi connectivity index (χ4n) is 2.52. The van der Waals surface area contributed by atoms with Crippen LogP contribution in [-0.4, -0.2) is 17.6 Å². The Hall–Kier alpha value is -2.60. The third kappa shape index (κ3) is 3.49. The first kappa shape index (κ1) is 16.3. The summed E-state index contributed by atoms with van der Waals surface area (Å²) in [6.07, 6.45) is 1.67. The Labute approximate surface area is 143 Å². The second kappa shape index (κ2) is 6.88. The second-order valence-corrected chi connectivity index (χ2v) is 6.80. The summed E-state index contributed by atoms with van der Waals surface area (Å²) in [5.74, 6) is 0.544. The van der Waals surface area contributed by atoms with Crippen LogP contribution in [0.25, 0.3) is 10.1 Å². The molecule has 1 amide bonds. The van der Waals surface area contributed by atoms with Gasteiger partial charge in [-0.05, 0) is 36.8 Å². The van der Waals surface area contributed by atoms with E-state index in [1.807, 2.05) is 43.3 Å². The molecule has 0 aliphatic rings. The molecule has 0 unspecified atom stereocenters. The van der Waals surface area contributed by atoms with Crippen molar-refractivity contribution >= 4 is 27.3 Å². The normalized spacial score (nSPS) is 10.8. The first-order valence-corrected chi connectivity index (χ1v) is 8.37. The molecule has 0 aliphatic heterocycles. The zero-order chi connectivity index (χ0) is 17.1. The number of pyridine rings is 1. The quantitative estimate of drug-likeness (QED) is 0.775. The second-order valence-electron chi connectivity index (χ2n) is 5.51. The molecule has 1 N–H and O–H groups in total. The number of carbonyl (C=O) groups excluding carboxylic acids is 1. The molecule has 0 bridgehead atoms. The maximum atomic E-state index is 12.4. The molecule has 3 rings (SSSR count). The van der Waals surface area contributed by atoms with Crippen LogP contribution in [0.4, 0.5) is 0 Å². The van der Waals surface area contributed by atoms with Gasteiger partial charge in [0.25, 0.3) is 5.56 Å². The molecule has 3 aromatic rings. The van der Waals surface area contributed by atoms with E-state index in [2.05, 4.69) is 5.32 Å². The molecule has 5 nitrogen and oxygen atoms in total. The van der Waals surface area contributed by atoms with Crippen molar-refractivity contribution < 1.29 is 9.53 Å². The van der Waals surface area contributed by atoms with Gasteiger partial charge in [0, 0.05) is 22.3 Å². The fourth-order valence-corrected chi connectivity index (χ4v) is 3.43. The van der Waals surface area contributed by atoms with Crippen molar-refractivity contribution in [3.05, 3.63) is 63.4 Å². The molecular weight excluding hydrogens is 324 g/mol. The van der Waals surface area contributed by atoms with Crippen LogP contribution >= 0.6 is 11.3 Å². The van der Waals surface area contributed by atoms with Crippen LogP contribution in [0.15, 0.2) is 47.4 Å². The van der Waals surface area contributed by atoms with Gasteiger partial charge in [0.1, 0.15) is 12.3 Å². The molecule has 0 aliphatic carbocycles. The molecule has 0 saturated heterocycles. The zero-order valence-corrected chi connectivity index (χ0v) is 14.4. The van der Waals surface area contributed by atoms with Crippen LogP contribution in [0, 0.1) is 6.92 Å². The summed E-state index contributed by atoms with van der Waals surface area (Å²) in [4.78, 5) is 25.6. The molecule has 2 heterocycles. The first-order valence-electron chi connectivity index (χ1n) is 7.56. The summed E-state index contributed by atoms with van der Waals surface area (Å²) in [6.45, 7) is 2.37. The average Bonchev–Trinajstić information content (AvgIpc) is 2.97. The van der Waals surface area contributed by atoms with Crippen molar-refractivity contribution in [1.82, 2.24) is 9.88 Å². The van der Waals surface area contributed by atoms with Gasteiger partial charge in [0.05, 0.1) is 12.5 Å². The lowest BCUT2D eigenvalue weighted by atomic mass is 10.2. The van der Waals surface area contributed by atoms with E-state index >= 15 is 0 Å². The smallest absolute Gasteiger partial charge is 0.259 e. The average molecular weight is 342 g/mol. The van der Waals surface area contributed by atoms with Crippen LogP contribution < -0.4 is 15.6 Å². The van der Waals surface area contributed by atoms with Gasteiger partial charge < -0.3 is 14.6 Å². The minimum absolute atomic E-state index is 0.00758. The van der Waals surface area contributed by atoms with Gasteiger partial charge in [-0.3, -0.25) is 9.59 Å². The van der Waals surface area contributed by atoms with Crippen molar-refractivity contribution in [2.24, 2.45) is 0 Å². The Morgan fingerprint density at radius 2 is 2.12 bits per heavy atom. The van der Waals surface area contributed by atoms with Gasteiger partial charge in [0.15, 0.2) is 0 Å². The minimum Gasteiger partial charge on any atom is -0.497 e. The highest BCUT2D eigenvalue weighted by atomic mass is 32.1. The Balaban J connectivity index is 1.68. The van der Waals surface area contributed by atoms with E-state index in [9.17, 15) is 9.59 Å². The third-order valence-corrected chi connectivity index (χ3v) is 4.73. The molecule has 124 valence electrons. The van der Waals surface area contributed by atoms with Crippen molar-refractivity contribution in [1.29, 1.82) is 0 Å². The van der Waals surface area contributed by atoms with E-state index in [4.69, 9.17) is 4.74 Å². The standard InChI is InChI=1S/C18H18N2O3S/c1-12-8-15-16(24-12)6-7-20(18(15)22)11-17(21)19-10-13-4-3-5-14(9-13)23-2/h3-9H,10-11H2,1-2H3,(H,19,21). The fraction of sp³-hybridized carbons (Fsp3) is 0.222. The Bertz CT molecular complexity index is 943. The summed E-state index contributed by atoms with van der Waals surface area (Å²) < 4.78 is 7.55. The summed E-state index contributed by atoms with van der Waals surface area (Å²) in [5.41, 5.74) is 0.812. The van der Waals surface area contributed by atoms with Gasteiger partial charge in [-0.2, -0.15) is 0 Å². The molecule has 0 radical (unpaired) electrons. The number of aryl methyl sites for hydroxylation is 1. The third-order valence-electron chi connectivity index (χ3n) is 3.72. The zero-order valence-electron chi connectivity index (χ0n) is 13.5. The number of thiophene rings is 1. The maximum absolute atomic E-state index is 12.4. The summed E-state index contributed by atoms with van der Waals surface area (Å²) in [5, 5.41) is 3.49. The number of ether oxygens (including phenoxy) is 1. The van der Waals surface area contributed by atoms with E-state index < -0.39 is 0 Å². The van der Waals surface area contributed by atoms with Crippen molar-refractivity contribution in [3.63, 3.8) is 0 Å². The van der Waals surface area contributed by atoms with E-state index in [0.29, 0.717) is 11.9 Å². The lowest BCUT2D eigenvalue weighted by Crippen LogP contribution is -2.31. The Kier molecular flexibility index (Phi) is 4.66. The number of hydrogen-bond acceptors (Lipinski definition) is 4. The molecule has 0 spiro atoms. The topological polar surface area (TPSA) is 60.3 Å². The SMILES string of the molecule is COc1cccc(CNC(=O)Cn2ccc3sc(C)cc3c2=O)c1. The highest BCUT2D eigenvalue weighted by Gasteiger charge is 2.09. The van der Waals surface area contributed by atoms with E-state index in [0.717, 1.165) is 20.9 Å². The van der Waals surface area contributed by atoms with Gasteiger partial charge in [0.2, 0.25) is 5.91 Å². The predicted molar refractivity (Wildman–Crippen MR) is 95.7 cm³/mol. The lowest BCUT2D eigenvalue weighted by Gasteiger charge is -2.08. The Morgan fingerprint density at radius 1 is 1.29 bits per heavy atom. The highest BCUT2D eigenvalue weighted by molar-refractivity contribution is 7.18. The molecule has 1 aromatic carbocycles. The number of aromatic nitrogens is 1. The van der Waals surface area contributed by atoms with E-state index in [1.165, 1.54) is 4.57 Å². The van der Waals surface area contributed by atoms with Crippen molar-refractivity contribution in [3.8, 4) is 5.75 Å². The summed E-state index contributed by atoms with van der Waals surface area (Å²) in [6, 6.07) is 11.2. The van der Waals surface area contributed by atoms with Crippen LogP contribution in [0.2, 0.25) is 0 Å². The maximum Gasteiger partial charge on any atom is 0.259 e. The van der Waals surface area contributed by atoms with Crippen LogP contribution in [0.3, 0.4) is 0 Å². The van der Waals surface area contributed by atoms with Crippen LogP contribution in [-0.2, 0) is 17.9 Å². The largest absolute Gasteiger partial charge is 0.497 e. The van der Waals surface area contributed by atoms with Gasteiger partial charge in [-0.15, -0.1) is 11.3 Å². The number of nitrogens with one attached hydrogen (secondary N) is 1. The number of hydrogen-bond donors (Lipinski definition) is 1. The molecule has 24 heavy (non-hydrogen) atoms. The summed E-state index contributed by atoms with van der Waals surface area (Å²) in [7, 11) is 1.60. The number of carbonyl (C=O) groups is 1. The number of methoxy groups -OCH3 is 1. The molecule has 2 aromatic heterocycles. The van der Waals surface area contributed by atoms with Gasteiger partial charge in [-0.25, -0.2) is 0 Å². The van der Waals surface area contributed by atoms with Gasteiger partial charge >= 0.3 is 0 Å². The number of amides is 1. The summed E-state index contributed by atoms with van der Waals surface area (Å²) >= 11 is 1.58. The number of benzene rings is 1.